The van der Waals surface area contributed by atoms with Crippen molar-refractivity contribution in [1.82, 2.24) is 0 Å². The van der Waals surface area contributed by atoms with Crippen LogP contribution in [0.3, 0.4) is 0 Å². The molecule has 1 saturated heterocycles. The molecule has 1 aliphatic heterocycles. The van der Waals surface area contributed by atoms with E-state index in [9.17, 15) is 0 Å². The van der Waals surface area contributed by atoms with Gasteiger partial charge in [0.05, 0.1) is 18.8 Å². The van der Waals surface area contributed by atoms with Crippen LogP contribution in [-0.2, 0) is 9.47 Å². The predicted molar refractivity (Wildman–Crippen MR) is 58.3 cm³/mol. The second-order valence-electron chi connectivity index (χ2n) is 4.63. The Kier molecular flexibility index (Phi) is 4.39. The van der Waals surface area contributed by atoms with Gasteiger partial charge in [0.1, 0.15) is 0 Å². The van der Waals surface area contributed by atoms with E-state index in [1.807, 2.05) is 0 Å². The van der Waals surface area contributed by atoms with E-state index in [0.717, 1.165) is 12.5 Å². The maximum atomic E-state index is 5.99. The van der Waals surface area contributed by atoms with Gasteiger partial charge in [0.15, 0.2) is 0 Å². The van der Waals surface area contributed by atoms with E-state index in [1.165, 1.54) is 6.42 Å². The van der Waals surface area contributed by atoms with Crippen LogP contribution in [-0.4, -0.2) is 25.9 Å². The second kappa shape index (κ2) is 5.13. The Morgan fingerprint density at radius 3 is 2.29 bits per heavy atom. The molecule has 0 N–H and O–H groups in total. The summed E-state index contributed by atoms with van der Waals surface area (Å²) >= 11 is 0. The lowest BCUT2D eigenvalue weighted by atomic mass is 9.75. The van der Waals surface area contributed by atoms with Crippen LogP contribution >= 0.6 is 0 Å². The highest BCUT2D eigenvalue weighted by Gasteiger charge is 2.37. The summed E-state index contributed by atoms with van der Waals surface area (Å²) in [6.45, 7) is 9.80. The van der Waals surface area contributed by atoms with Gasteiger partial charge in [-0.2, -0.15) is 0 Å². The first-order chi connectivity index (χ1) is 6.61. The second-order valence-corrected chi connectivity index (χ2v) is 4.63. The van der Waals surface area contributed by atoms with Crippen LogP contribution in [0, 0.1) is 17.8 Å². The molecule has 1 rings (SSSR count). The maximum Gasteiger partial charge on any atom is 0.0840 e. The Hall–Kier alpha value is -0.0800. The molecule has 1 fully saturated rings. The third-order valence-corrected chi connectivity index (χ3v) is 3.89. The molecule has 0 aromatic rings. The van der Waals surface area contributed by atoms with Crippen molar-refractivity contribution in [3.8, 4) is 0 Å². The fourth-order valence-corrected chi connectivity index (χ4v) is 2.72. The van der Waals surface area contributed by atoms with Gasteiger partial charge in [0.25, 0.3) is 0 Å². The van der Waals surface area contributed by atoms with E-state index in [1.54, 1.807) is 7.11 Å². The molecule has 2 heteroatoms. The SMILES string of the molecule is CCC1C(C)OC(COC)C(C)C1C. The average Bonchev–Trinajstić information content (AvgIpc) is 2.15. The molecule has 2 nitrogen and oxygen atoms in total. The fraction of sp³-hybridized carbons (Fsp3) is 1.00. The topological polar surface area (TPSA) is 18.5 Å². The van der Waals surface area contributed by atoms with E-state index < -0.39 is 0 Å². The third-order valence-electron chi connectivity index (χ3n) is 3.89. The van der Waals surface area contributed by atoms with E-state index >= 15 is 0 Å². The van der Waals surface area contributed by atoms with Crippen LogP contribution in [0.15, 0.2) is 0 Å². The summed E-state index contributed by atoms with van der Waals surface area (Å²) in [5, 5.41) is 0. The molecule has 1 heterocycles. The van der Waals surface area contributed by atoms with Crippen LogP contribution < -0.4 is 0 Å². The fourth-order valence-electron chi connectivity index (χ4n) is 2.72. The summed E-state index contributed by atoms with van der Waals surface area (Å²) in [6.07, 6.45) is 1.88. The van der Waals surface area contributed by atoms with Gasteiger partial charge in [-0.1, -0.05) is 27.2 Å². The van der Waals surface area contributed by atoms with Crippen molar-refractivity contribution in [2.24, 2.45) is 17.8 Å². The molecule has 14 heavy (non-hydrogen) atoms. The Morgan fingerprint density at radius 1 is 1.14 bits per heavy atom. The van der Waals surface area contributed by atoms with E-state index in [-0.39, 0.29) is 6.10 Å². The van der Waals surface area contributed by atoms with Gasteiger partial charge in [-0.25, -0.2) is 0 Å². The van der Waals surface area contributed by atoms with Crippen LogP contribution in [0.5, 0.6) is 0 Å². The molecule has 0 aromatic carbocycles. The Morgan fingerprint density at radius 2 is 1.79 bits per heavy atom. The monoisotopic (exact) mass is 200 g/mol. The van der Waals surface area contributed by atoms with Gasteiger partial charge in [-0.3, -0.25) is 0 Å². The predicted octanol–water partition coefficient (Wildman–Crippen LogP) is 2.72. The lowest BCUT2D eigenvalue weighted by molar-refractivity contribution is -0.149. The summed E-state index contributed by atoms with van der Waals surface area (Å²) < 4.78 is 11.2. The highest BCUT2D eigenvalue weighted by molar-refractivity contribution is 4.85. The lowest BCUT2D eigenvalue weighted by Gasteiger charge is -2.43. The van der Waals surface area contributed by atoms with Crippen LogP contribution in [0.1, 0.15) is 34.1 Å². The number of rotatable bonds is 3. The van der Waals surface area contributed by atoms with Gasteiger partial charge >= 0.3 is 0 Å². The van der Waals surface area contributed by atoms with E-state index in [0.29, 0.717) is 17.9 Å². The third kappa shape index (κ3) is 2.29. The summed E-state index contributed by atoms with van der Waals surface area (Å²) in [5.41, 5.74) is 0. The molecular formula is C12H24O2. The van der Waals surface area contributed by atoms with E-state index in [2.05, 4.69) is 27.7 Å². The summed E-state index contributed by atoms with van der Waals surface area (Å²) in [6, 6.07) is 0. The minimum absolute atomic E-state index is 0.285. The first kappa shape index (κ1) is 12.0. The molecule has 1 aliphatic rings. The van der Waals surface area contributed by atoms with Crippen molar-refractivity contribution in [2.75, 3.05) is 13.7 Å². The standard InChI is InChI=1S/C12H24O2/c1-6-11-8(2)9(3)12(7-13-5)14-10(11)4/h8-12H,6-7H2,1-5H3. The summed E-state index contributed by atoms with van der Waals surface area (Å²) in [4.78, 5) is 0. The summed E-state index contributed by atoms with van der Waals surface area (Å²) in [5.74, 6) is 2.05. The molecule has 0 bridgehead atoms. The number of hydrogen-bond acceptors (Lipinski definition) is 2. The van der Waals surface area contributed by atoms with Crippen molar-refractivity contribution >= 4 is 0 Å². The van der Waals surface area contributed by atoms with Crippen molar-refractivity contribution in [3.63, 3.8) is 0 Å². The molecule has 0 aromatic heterocycles. The normalized spacial score (nSPS) is 43.9. The highest BCUT2D eigenvalue weighted by Crippen LogP contribution is 2.36. The molecule has 0 aliphatic carbocycles. The zero-order valence-electron chi connectivity index (χ0n) is 10.1. The van der Waals surface area contributed by atoms with Gasteiger partial charge in [-0.15, -0.1) is 0 Å². The summed E-state index contributed by atoms with van der Waals surface area (Å²) in [7, 11) is 1.75. The number of methoxy groups -OCH3 is 1. The number of ether oxygens (including phenoxy) is 2. The van der Waals surface area contributed by atoms with Crippen molar-refractivity contribution in [2.45, 2.75) is 46.3 Å². The molecule has 5 unspecified atom stereocenters. The quantitative estimate of drug-likeness (QED) is 0.697. The van der Waals surface area contributed by atoms with Gasteiger partial charge in [0.2, 0.25) is 0 Å². The zero-order chi connectivity index (χ0) is 10.7. The minimum atomic E-state index is 0.285. The lowest BCUT2D eigenvalue weighted by Crippen LogP contribution is -2.46. The van der Waals surface area contributed by atoms with Gasteiger partial charge in [0, 0.05) is 7.11 Å². The Bertz CT molecular complexity index is 168. The highest BCUT2D eigenvalue weighted by atomic mass is 16.5. The molecule has 0 spiro atoms. The molecule has 0 radical (unpaired) electrons. The smallest absolute Gasteiger partial charge is 0.0840 e. The minimum Gasteiger partial charge on any atom is -0.382 e. The van der Waals surface area contributed by atoms with E-state index in [4.69, 9.17) is 9.47 Å². The van der Waals surface area contributed by atoms with Crippen LogP contribution in [0.25, 0.3) is 0 Å². The van der Waals surface area contributed by atoms with Crippen molar-refractivity contribution in [1.29, 1.82) is 0 Å². The van der Waals surface area contributed by atoms with Crippen LogP contribution in [0.4, 0.5) is 0 Å². The molecule has 84 valence electrons. The van der Waals surface area contributed by atoms with Gasteiger partial charge < -0.3 is 9.47 Å². The van der Waals surface area contributed by atoms with Crippen molar-refractivity contribution < 1.29 is 9.47 Å². The molecular weight excluding hydrogens is 176 g/mol. The van der Waals surface area contributed by atoms with Crippen LogP contribution in [0.2, 0.25) is 0 Å². The van der Waals surface area contributed by atoms with Gasteiger partial charge in [-0.05, 0) is 24.7 Å². The Labute approximate surface area is 88.0 Å². The number of hydrogen-bond donors (Lipinski definition) is 0. The largest absolute Gasteiger partial charge is 0.382 e. The molecule has 0 saturated carbocycles. The van der Waals surface area contributed by atoms with Crippen molar-refractivity contribution in [3.05, 3.63) is 0 Å². The first-order valence-electron chi connectivity index (χ1n) is 5.76. The molecule has 5 atom stereocenters. The average molecular weight is 200 g/mol. The molecule has 0 amide bonds. The zero-order valence-corrected chi connectivity index (χ0v) is 10.1. The maximum absolute atomic E-state index is 5.99. The first-order valence-corrected chi connectivity index (χ1v) is 5.76. The Balaban J connectivity index is 2.62.